The van der Waals surface area contributed by atoms with E-state index < -0.39 is 11.8 Å². The van der Waals surface area contributed by atoms with E-state index in [4.69, 9.17) is 4.74 Å². The molecule has 1 aliphatic rings. The first-order valence-electron chi connectivity index (χ1n) is 11.0. The predicted octanol–water partition coefficient (Wildman–Crippen LogP) is 3.25. The molecule has 7 heteroatoms. The molecule has 0 bridgehead atoms. The van der Waals surface area contributed by atoms with Crippen LogP contribution in [0.3, 0.4) is 0 Å². The molecule has 0 amide bonds. The second-order valence-corrected chi connectivity index (χ2v) is 8.29. The summed E-state index contributed by atoms with van der Waals surface area (Å²) in [6.07, 6.45) is 4.27. The van der Waals surface area contributed by atoms with Crippen molar-refractivity contribution < 1.29 is 14.9 Å². The molecule has 4 aromatic rings. The van der Waals surface area contributed by atoms with Crippen molar-refractivity contribution in [2.45, 2.75) is 31.1 Å². The zero-order chi connectivity index (χ0) is 22.0. The van der Waals surface area contributed by atoms with Crippen molar-refractivity contribution in [2.24, 2.45) is 0 Å². The fourth-order valence-corrected chi connectivity index (χ4v) is 4.23. The number of benzene rings is 2. The normalized spacial score (nSPS) is 17.4. The highest BCUT2D eigenvalue weighted by molar-refractivity contribution is 5.79. The second kappa shape index (κ2) is 8.78. The summed E-state index contributed by atoms with van der Waals surface area (Å²) >= 11 is 0. The Balaban J connectivity index is 1.15. The summed E-state index contributed by atoms with van der Waals surface area (Å²) < 4.78 is 5.83. The highest BCUT2D eigenvalue weighted by Gasteiger charge is 2.37. The number of aromatic nitrogens is 3. The van der Waals surface area contributed by atoms with Crippen molar-refractivity contribution in [3.63, 3.8) is 0 Å². The van der Waals surface area contributed by atoms with Gasteiger partial charge >= 0.3 is 0 Å². The molecule has 1 aliphatic heterocycles. The molecule has 0 radical (unpaired) electrons. The lowest BCUT2D eigenvalue weighted by molar-refractivity contribution is -0.0836. The Morgan fingerprint density at radius 1 is 0.969 bits per heavy atom. The van der Waals surface area contributed by atoms with Crippen molar-refractivity contribution in [1.82, 2.24) is 19.9 Å². The van der Waals surface area contributed by atoms with Crippen LogP contribution in [-0.2, 0) is 5.60 Å². The monoisotopic (exact) mass is 430 g/mol. The Labute approximate surface area is 186 Å². The van der Waals surface area contributed by atoms with Crippen LogP contribution in [0.4, 0.5) is 0 Å². The van der Waals surface area contributed by atoms with E-state index in [0.717, 1.165) is 27.7 Å². The van der Waals surface area contributed by atoms with Crippen LogP contribution in [-0.4, -0.2) is 56.0 Å². The van der Waals surface area contributed by atoms with E-state index in [1.54, 1.807) is 12.4 Å². The van der Waals surface area contributed by atoms with E-state index in [9.17, 15) is 10.2 Å². The van der Waals surface area contributed by atoms with Crippen LogP contribution in [0, 0.1) is 0 Å². The van der Waals surface area contributed by atoms with Gasteiger partial charge in [-0.1, -0.05) is 18.2 Å². The van der Waals surface area contributed by atoms with Crippen molar-refractivity contribution in [3.8, 4) is 5.75 Å². The van der Waals surface area contributed by atoms with Crippen LogP contribution in [0.2, 0.25) is 0 Å². The summed E-state index contributed by atoms with van der Waals surface area (Å²) in [4.78, 5) is 15.4. The van der Waals surface area contributed by atoms with Crippen molar-refractivity contribution in [1.29, 1.82) is 0 Å². The van der Waals surface area contributed by atoms with Gasteiger partial charge in [-0.25, -0.2) is 4.98 Å². The summed E-state index contributed by atoms with van der Waals surface area (Å²) in [5, 5.41) is 22.9. The third-order valence-corrected chi connectivity index (χ3v) is 6.19. The van der Waals surface area contributed by atoms with E-state index in [0.29, 0.717) is 44.7 Å². The minimum absolute atomic E-state index is 0.399. The van der Waals surface area contributed by atoms with E-state index in [2.05, 4.69) is 15.0 Å². The Morgan fingerprint density at radius 3 is 2.62 bits per heavy atom. The molecule has 2 N–H and O–H groups in total. The molecule has 1 atom stereocenters. The molecule has 1 saturated heterocycles. The number of hydrogen-bond acceptors (Lipinski definition) is 7. The topological polar surface area (TPSA) is 91.6 Å². The number of nitrogens with zero attached hydrogens (tertiary/aromatic N) is 4. The predicted molar refractivity (Wildman–Crippen MR) is 122 cm³/mol. The first-order chi connectivity index (χ1) is 15.6. The number of hydrogen-bond donors (Lipinski definition) is 2. The smallest absolute Gasteiger partial charge is 0.121 e. The summed E-state index contributed by atoms with van der Waals surface area (Å²) in [6, 6.07) is 17.4. The zero-order valence-corrected chi connectivity index (χ0v) is 17.8. The number of fused-ring (bicyclic) bond motifs is 2. The van der Waals surface area contributed by atoms with E-state index in [1.165, 1.54) is 0 Å². The number of para-hydroxylation sites is 2. The number of piperidine rings is 1. The van der Waals surface area contributed by atoms with Gasteiger partial charge in [0.05, 0.1) is 35.0 Å². The molecule has 7 nitrogen and oxygen atoms in total. The van der Waals surface area contributed by atoms with Gasteiger partial charge in [0, 0.05) is 37.2 Å². The highest BCUT2D eigenvalue weighted by atomic mass is 16.5. The molecule has 5 rings (SSSR count). The Kier molecular flexibility index (Phi) is 5.70. The van der Waals surface area contributed by atoms with Crippen LogP contribution in [0.1, 0.15) is 25.0 Å². The molecule has 0 spiro atoms. The number of likely N-dealkylation sites (tertiary alicyclic amines) is 1. The van der Waals surface area contributed by atoms with Gasteiger partial charge in [-0.3, -0.25) is 14.9 Å². The van der Waals surface area contributed by atoms with E-state index in [1.807, 2.05) is 59.5 Å². The second-order valence-electron chi connectivity index (χ2n) is 8.29. The van der Waals surface area contributed by atoms with Crippen LogP contribution in [0.25, 0.3) is 21.9 Å². The molecule has 164 valence electrons. The Hall–Kier alpha value is -3.13. The SMILES string of the molecule is OC(CCOc1ccc2cccnc2c1)N1CCC(O)(c2cnc3ccccc3n2)CC1. The molecule has 3 heterocycles. The molecule has 2 aromatic heterocycles. The molecule has 1 fully saturated rings. The maximum absolute atomic E-state index is 11.2. The van der Waals surface area contributed by atoms with Crippen molar-refractivity contribution >= 4 is 21.9 Å². The van der Waals surface area contributed by atoms with Crippen LogP contribution < -0.4 is 4.74 Å². The van der Waals surface area contributed by atoms with Crippen LogP contribution in [0.5, 0.6) is 5.75 Å². The summed E-state index contributed by atoms with van der Waals surface area (Å²) in [5.41, 5.74) is 2.05. The van der Waals surface area contributed by atoms with Crippen molar-refractivity contribution in [2.75, 3.05) is 19.7 Å². The number of ether oxygens (including phenoxy) is 1. The van der Waals surface area contributed by atoms with Crippen LogP contribution >= 0.6 is 0 Å². The molecule has 0 saturated carbocycles. The number of aliphatic hydroxyl groups is 2. The zero-order valence-electron chi connectivity index (χ0n) is 17.8. The lowest BCUT2D eigenvalue weighted by atomic mass is 9.88. The lowest BCUT2D eigenvalue weighted by Crippen LogP contribution is -2.47. The fourth-order valence-electron chi connectivity index (χ4n) is 4.23. The van der Waals surface area contributed by atoms with Gasteiger partial charge in [-0.05, 0) is 43.2 Å². The minimum Gasteiger partial charge on any atom is -0.493 e. The number of rotatable bonds is 6. The largest absolute Gasteiger partial charge is 0.493 e. The summed E-state index contributed by atoms with van der Waals surface area (Å²) in [5.74, 6) is 0.742. The molecule has 1 unspecified atom stereocenters. The van der Waals surface area contributed by atoms with Gasteiger partial charge in [-0.2, -0.15) is 0 Å². The summed E-state index contributed by atoms with van der Waals surface area (Å²) in [7, 11) is 0. The highest BCUT2D eigenvalue weighted by Crippen LogP contribution is 2.32. The Bertz CT molecular complexity index is 1220. The minimum atomic E-state index is -1.03. The third-order valence-electron chi connectivity index (χ3n) is 6.19. The van der Waals surface area contributed by atoms with E-state index in [-0.39, 0.29) is 0 Å². The van der Waals surface area contributed by atoms with Crippen molar-refractivity contribution in [3.05, 3.63) is 72.7 Å². The van der Waals surface area contributed by atoms with Crippen LogP contribution in [0.15, 0.2) is 67.0 Å². The molecule has 32 heavy (non-hydrogen) atoms. The van der Waals surface area contributed by atoms with Gasteiger partial charge in [0.2, 0.25) is 0 Å². The van der Waals surface area contributed by atoms with Gasteiger partial charge in [-0.15, -0.1) is 0 Å². The maximum Gasteiger partial charge on any atom is 0.121 e. The summed E-state index contributed by atoms with van der Waals surface area (Å²) in [6.45, 7) is 1.55. The van der Waals surface area contributed by atoms with Gasteiger partial charge < -0.3 is 14.9 Å². The third kappa shape index (κ3) is 4.27. The van der Waals surface area contributed by atoms with E-state index >= 15 is 0 Å². The van der Waals surface area contributed by atoms with Gasteiger partial charge in [0.1, 0.15) is 17.6 Å². The molecule has 2 aromatic carbocycles. The fraction of sp³-hybridized carbons (Fsp3) is 0.320. The molecular weight excluding hydrogens is 404 g/mol. The maximum atomic E-state index is 11.2. The van der Waals surface area contributed by atoms with Gasteiger partial charge in [0.25, 0.3) is 0 Å². The standard InChI is InChI=1S/C25H26N4O3/c30-24(9-15-32-19-8-7-18-4-3-12-26-22(18)16-19)29-13-10-25(31,11-14-29)23-17-27-20-5-1-2-6-21(20)28-23/h1-8,12,16-17,24,30-31H,9-11,13-15H2. The average molecular weight is 431 g/mol. The first kappa shape index (κ1) is 20.8. The number of aliphatic hydroxyl groups excluding tert-OH is 1. The van der Waals surface area contributed by atoms with Gasteiger partial charge in [0.15, 0.2) is 0 Å². The Morgan fingerprint density at radius 2 is 1.78 bits per heavy atom. The first-order valence-corrected chi connectivity index (χ1v) is 11.0. The molecular formula is C25H26N4O3. The number of pyridine rings is 1. The molecule has 0 aliphatic carbocycles. The average Bonchev–Trinajstić information content (AvgIpc) is 2.84. The lowest BCUT2D eigenvalue weighted by Gasteiger charge is -2.39. The quantitative estimate of drug-likeness (QED) is 0.485.